The third kappa shape index (κ3) is 3.53. The molecule has 0 radical (unpaired) electrons. The Morgan fingerprint density at radius 2 is 1.84 bits per heavy atom. The lowest BCUT2D eigenvalue weighted by molar-refractivity contribution is 0.506. The Morgan fingerprint density at radius 3 is 2.53 bits per heavy atom. The first-order chi connectivity index (χ1) is 8.97. The molecule has 0 aromatic heterocycles. The van der Waals surface area contributed by atoms with Gasteiger partial charge < -0.3 is 5.73 Å². The molecule has 0 aliphatic rings. The molecule has 1 nitrogen and oxygen atoms in total. The van der Waals surface area contributed by atoms with E-state index in [1.807, 2.05) is 6.07 Å². The van der Waals surface area contributed by atoms with Gasteiger partial charge in [-0.1, -0.05) is 33.6 Å². The Labute approximate surface area is 123 Å². The van der Waals surface area contributed by atoms with Crippen LogP contribution in [0.25, 0.3) is 0 Å². The van der Waals surface area contributed by atoms with Gasteiger partial charge in [-0.15, -0.1) is 0 Å². The fourth-order valence-corrected chi connectivity index (χ4v) is 2.55. The Kier molecular flexibility index (Phi) is 4.55. The van der Waals surface area contributed by atoms with Gasteiger partial charge in [0, 0.05) is 15.5 Å². The van der Waals surface area contributed by atoms with Crippen LogP contribution in [0.15, 0.2) is 40.9 Å². The molecule has 0 aliphatic carbocycles. The van der Waals surface area contributed by atoms with Crippen LogP contribution < -0.4 is 5.73 Å². The number of hydrogen-bond acceptors (Lipinski definition) is 1. The van der Waals surface area contributed by atoms with E-state index in [1.165, 1.54) is 6.07 Å². The van der Waals surface area contributed by atoms with Gasteiger partial charge >= 0.3 is 0 Å². The highest BCUT2D eigenvalue weighted by atomic mass is 79.9. The highest BCUT2D eigenvalue weighted by molar-refractivity contribution is 9.10. The van der Waals surface area contributed by atoms with Crippen LogP contribution in [0.2, 0.25) is 5.02 Å². The predicted molar refractivity (Wildman–Crippen MR) is 76.1 cm³/mol. The normalized spacial score (nSPS) is 12.5. The second-order valence-electron chi connectivity index (χ2n) is 4.22. The summed E-state index contributed by atoms with van der Waals surface area (Å²) in [6, 6.07) is 8.76. The molecular weight excluding hydrogens is 336 g/mol. The molecule has 2 N–H and O–H groups in total. The van der Waals surface area contributed by atoms with Gasteiger partial charge in [-0.05, 0) is 47.9 Å². The summed E-state index contributed by atoms with van der Waals surface area (Å²) in [5.41, 5.74) is 7.55. The highest BCUT2D eigenvalue weighted by Gasteiger charge is 2.12. The van der Waals surface area contributed by atoms with Gasteiger partial charge in [0.1, 0.15) is 0 Å². The lowest BCUT2D eigenvalue weighted by Gasteiger charge is -2.14. The number of nitrogens with two attached hydrogens (primary N) is 1. The molecule has 2 rings (SSSR count). The van der Waals surface area contributed by atoms with Crippen LogP contribution in [0.3, 0.4) is 0 Å². The van der Waals surface area contributed by atoms with E-state index in [1.54, 1.807) is 12.1 Å². The minimum Gasteiger partial charge on any atom is -0.324 e. The molecule has 0 amide bonds. The first-order valence-electron chi connectivity index (χ1n) is 5.62. The Bertz CT molecular complexity index is 604. The fourth-order valence-electron chi connectivity index (χ4n) is 1.83. The van der Waals surface area contributed by atoms with Crippen molar-refractivity contribution < 1.29 is 8.78 Å². The minimum absolute atomic E-state index is 0.349. The van der Waals surface area contributed by atoms with Crippen molar-refractivity contribution in [2.24, 2.45) is 5.73 Å². The van der Waals surface area contributed by atoms with Crippen molar-refractivity contribution in [3.05, 3.63) is 68.7 Å². The third-order valence-electron chi connectivity index (χ3n) is 2.80. The fraction of sp³-hybridized carbons (Fsp3) is 0.143. The van der Waals surface area contributed by atoms with Gasteiger partial charge in [0.05, 0.1) is 0 Å². The van der Waals surface area contributed by atoms with Gasteiger partial charge in [-0.3, -0.25) is 0 Å². The van der Waals surface area contributed by atoms with Gasteiger partial charge in [0.15, 0.2) is 11.6 Å². The standard InChI is InChI=1S/C14H11BrClF2N/c15-11-3-2-9(16)7-10(11)14(19)6-8-1-4-12(17)13(18)5-8/h1-5,7,14H,6,19H2. The van der Waals surface area contributed by atoms with E-state index in [0.717, 1.165) is 22.2 Å². The zero-order valence-corrected chi connectivity index (χ0v) is 12.2. The number of halogens is 4. The van der Waals surface area contributed by atoms with E-state index in [9.17, 15) is 8.78 Å². The molecule has 0 heterocycles. The van der Waals surface area contributed by atoms with Gasteiger partial charge in [0.25, 0.3) is 0 Å². The molecule has 100 valence electrons. The monoisotopic (exact) mass is 345 g/mol. The summed E-state index contributed by atoms with van der Waals surface area (Å²) >= 11 is 9.32. The lowest BCUT2D eigenvalue weighted by atomic mass is 9.99. The molecule has 0 fully saturated rings. The van der Waals surface area contributed by atoms with Crippen LogP contribution in [0.4, 0.5) is 8.78 Å². The van der Waals surface area contributed by atoms with Crippen molar-refractivity contribution in [2.45, 2.75) is 12.5 Å². The molecule has 0 saturated carbocycles. The van der Waals surface area contributed by atoms with Crippen LogP contribution in [0.5, 0.6) is 0 Å². The second kappa shape index (κ2) is 5.99. The third-order valence-corrected chi connectivity index (χ3v) is 3.75. The maximum atomic E-state index is 13.1. The average molecular weight is 347 g/mol. The number of hydrogen-bond donors (Lipinski definition) is 1. The van der Waals surface area contributed by atoms with Crippen LogP contribution in [-0.4, -0.2) is 0 Å². The van der Waals surface area contributed by atoms with E-state index in [2.05, 4.69) is 15.9 Å². The SMILES string of the molecule is NC(Cc1ccc(F)c(F)c1)c1cc(Cl)ccc1Br. The summed E-state index contributed by atoms with van der Waals surface area (Å²) in [7, 11) is 0. The molecule has 0 aliphatic heterocycles. The van der Waals surface area contributed by atoms with Crippen LogP contribution >= 0.6 is 27.5 Å². The molecule has 5 heteroatoms. The van der Waals surface area contributed by atoms with E-state index in [4.69, 9.17) is 17.3 Å². The largest absolute Gasteiger partial charge is 0.324 e. The Hall–Kier alpha value is -0.970. The van der Waals surface area contributed by atoms with Gasteiger partial charge in [-0.2, -0.15) is 0 Å². The highest BCUT2D eigenvalue weighted by Crippen LogP contribution is 2.27. The summed E-state index contributed by atoms with van der Waals surface area (Å²) in [5, 5.41) is 0.582. The molecule has 0 bridgehead atoms. The van der Waals surface area contributed by atoms with Crippen LogP contribution in [0, 0.1) is 11.6 Å². The molecule has 0 saturated heterocycles. The lowest BCUT2D eigenvalue weighted by Crippen LogP contribution is -2.14. The molecule has 19 heavy (non-hydrogen) atoms. The van der Waals surface area contributed by atoms with E-state index in [0.29, 0.717) is 17.0 Å². The summed E-state index contributed by atoms with van der Waals surface area (Å²) < 4.78 is 26.8. The molecular formula is C14H11BrClF2N. The van der Waals surface area contributed by atoms with Gasteiger partial charge in [0.2, 0.25) is 0 Å². The summed E-state index contributed by atoms with van der Waals surface area (Å²) in [5.74, 6) is -1.73. The maximum Gasteiger partial charge on any atom is 0.159 e. The minimum atomic E-state index is -0.866. The van der Waals surface area contributed by atoms with Crippen LogP contribution in [0.1, 0.15) is 17.2 Å². The van der Waals surface area contributed by atoms with Crippen molar-refractivity contribution in [1.82, 2.24) is 0 Å². The topological polar surface area (TPSA) is 26.0 Å². The Morgan fingerprint density at radius 1 is 1.11 bits per heavy atom. The van der Waals surface area contributed by atoms with E-state index < -0.39 is 11.6 Å². The van der Waals surface area contributed by atoms with E-state index in [-0.39, 0.29) is 6.04 Å². The maximum absolute atomic E-state index is 13.1. The Balaban J connectivity index is 2.22. The van der Waals surface area contributed by atoms with Crippen molar-refractivity contribution >= 4 is 27.5 Å². The first kappa shape index (κ1) is 14.4. The quantitative estimate of drug-likeness (QED) is 0.862. The molecule has 1 unspecified atom stereocenters. The van der Waals surface area contributed by atoms with Crippen molar-refractivity contribution in [3.63, 3.8) is 0 Å². The molecule has 2 aromatic carbocycles. The predicted octanol–water partition coefficient (Wildman–Crippen LogP) is 4.62. The zero-order valence-electron chi connectivity index (χ0n) is 9.84. The average Bonchev–Trinajstić information content (AvgIpc) is 2.36. The molecule has 1 atom stereocenters. The number of benzene rings is 2. The number of rotatable bonds is 3. The summed E-state index contributed by atoms with van der Waals surface area (Å²) in [6.07, 6.45) is 0.399. The van der Waals surface area contributed by atoms with Gasteiger partial charge in [-0.25, -0.2) is 8.78 Å². The zero-order chi connectivity index (χ0) is 14.0. The smallest absolute Gasteiger partial charge is 0.159 e. The summed E-state index contributed by atoms with van der Waals surface area (Å²) in [4.78, 5) is 0. The van der Waals surface area contributed by atoms with Crippen molar-refractivity contribution in [1.29, 1.82) is 0 Å². The van der Waals surface area contributed by atoms with Crippen molar-refractivity contribution in [3.8, 4) is 0 Å². The van der Waals surface area contributed by atoms with Crippen molar-refractivity contribution in [2.75, 3.05) is 0 Å². The molecule has 2 aromatic rings. The second-order valence-corrected chi connectivity index (χ2v) is 5.52. The van der Waals surface area contributed by atoms with Crippen LogP contribution in [-0.2, 0) is 6.42 Å². The first-order valence-corrected chi connectivity index (χ1v) is 6.79. The summed E-state index contributed by atoms with van der Waals surface area (Å²) in [6.45, 7) is 0. The van der Waals surface area contributed by atoms with E-state index >= 15 is 0 Å². The molecule has 0 spiro atoms.